The molecule has 0 aliphatic rings. The van der Waals surface area contributed by atoms with Crippen molar-refractivity contribution < 1.29 is 0 Å². The molecule has 0 aliphatic carbocycles. The van der Waals surface area contributed by atoms with Gasteiger partial charge in [-0.2, -0.15) is 0 Å². The summed E-state index contributed by atoms with van der Waals surface area (Å²) < 4.78 is 0. The molecule has 0 saturated heterocycles. The molecule has 2 N–H and O–H groups in total. The van der Waals surface area contributed by atoms with E-state index in [9.17, 15) is 0 Å². The number of rotatable bonds is 1. The first-order valence-corrected chi connectivity index (χ1v) is 4.40. The first kappa shape index (κ1) is 8.69. The summed E-state index contributed by atoms with van der Waals surface area (Å²) in [5, 5.41) is 0. The van der Waals surface area contributed by atoms with E-state index in [-0.39, 0.29) is 0 Å². The zero-order valence-electron chi connectivity index (χ0n) is 7.94. The van der Waals surface area contributed by atoms with Crippen molar-refractivity contribution in [3.05, 3.63) is 42.4 Å². The van der Waals surface area contributed by atoms with Crippen LogP contribution in [0.4, 0.5) is 5.69 Å². The number of nitrogen functional groups attached to an aromatic ring is 1. The second kappa shape index (κ2) is 3.46. The predicted molar refractivity (Wildman–Crippen MR) is 56.6 cm³/mol. The van der Waals surface area contributed by atoms with Crippen molar-refractivity contribution in [1.29, 1.82) is 0 Å². The highest BCUT2D eigenvalue weighted by atomic mass is 14.7. The van der Waals surface area contributed by atoms with Gasteiger partial charge in [-0.15, -0.1) is 0 Å². The van der Waals surface area contributed by atoms with Crippen LogP contribution in [0.3, 0.4) is 0 Å². The molecule has 70 valence electrons. The number of aromatic nitrogens is 2. The quantitative estimate of drug-likeness (QED) is 0.739. The Morgan fingerprint density at radius 1 is 1.21 bits per heavy atom. The van der Waals surface area contributed by atoms with Gasteiger partial charge in [-0.05, 0) is 30.7 Å². The fourth-order valence-electron chi connectivity index (χ4n) is 1.33. The fraction of sp³-hybridized carbons (Fsp3) is 0.0909. The third kappa shape index (κ3) is 1.57. The van der Waals surface area contributed by atoms with E-state index in [0.29, 0.717) is 0 Å². The molecule has 0 spiro atoms. The predicted octanol–water partition coefficient (Wildman–Crippen LogP) is 2.03. The molecule has 0 radical (unpaired) electrons. The highest BCUT2D eigenvalue weighted by Crippen LogP contribution is 2.20. The highest BCUT2D eigenvalue weighted by molar-refractivity contribution is 5.65. The van der Waals surface area contributed by atoms with Crippen molar-refractivity contribution in [2.24, 2.45) is 0 Å². The SMILES string of the molecule is Cc1ccncc1-c1cc(N)ccn1. The molecule has 0 unspecified atom stereocenters. The number of hydrogen-bond acceptors (Lipinski definition) is 3. The van der Waals surface area contributed by atoms with Gasteiger partial charge in [0.15, 0.2) is 0 Å². The van der Waals surface area contributed by atoms with Crippen LogP contribution in [0.5, 0.6) is 0 Å². The minimum atomic E-state index is 0.721. The van der Waals surface area contributed by atoms with Crippen LogP contribution in [-0.2, 0) is 0 Å². The van der Waals surface area contributed by atoms with Gasteiger partial charge in [0.25, 0.3) is 0 Å². The van der Waals surface area contributed by atoms with E-state index in [2.05, 4.69) is 9.97 Å². The molecule has 0 fully saturated rings. The first-order chi connectivity index (χ1) is 6.77. The lowest BCUT2D eigenvalue weighted by Crippen LogP contribution is -1.90. The van der Waals surface area contributed by atoms with E-state index < -0.39 is 0 Å². The van der Waals surface area contributed by atoms with Gasteiger partial charge >= 0.3 is 0 Å². The molecule has 3 heteroatoms. The molecule has 0 amide bonds. The van der Waals surface area contributed by atoms with Crippen LogP contribution in [0.2, 0.25) is 0 Å². The number of pyridine rings is 2. The van der Waals surface area contributed by atoms with Gasteiger partial charge in [-0.25, -0.2) is 0 Å². The van der Waals surface area contributed by atoms with Crippen LogP contribution >= 0.6 is 0 Å². The smallest absolute Gasteiger partial charge is 0.0740 e. The summed E-state index contributed by atoms with van der Waals surface area (Å²) in [4.78, 5) is 8.32. The Balaban J connectivity index is 2.55. The van der Waals surface area contributed by atoms with Gasteiger partial charge in [-0.3, -0.25) is 9.97 Å². The summed E-state index contributed by atoms with van der Waals surface area (Å²) in [6, 6.07) is 5.58. The van der Waals surface area contributed by atoms with Crippen molar-refractivity contribution in [3.8, 4) is 11.3 Å². The molecule has 0 bridgehead atoms. The summed E-state index contributed by atoms with van der Waals surface area (Å²) in [6.07, 6.45) is 5.28. The van der Waals surface area contributed by atoms with Crippen LogP contribution in [0.25, 0.3) is 11.3 Å². The normalized spacial score (nSPS) is 10.1. The molecule has 0 aromatic carbocycles. The van der Waals surface area contributed by atoms with Crippen molar-refractivity contribution in [3.63, 3.8) is 0 Å². The van der Waals surface area contributed by atoms with E-state index in [0.717, 1.165) is 22.5 Å². The van der Waals surface area contributed by atoms with Crippen molar-refractivity contribution in [2.45, 2.75) is 6.92 Å². The number of anilines is 1. The zero-order chi connectivity index (χ0) is 9.97. The lowest BCUT2D eigenvalue weighted by atomic mass is 10.1. The molecule has 2 rings (SSSR count). The van der Waals surface area contributed by atoms with Gasteiger partial charge in [0.05, 0.1) is 5.69 Å². The summed E-state index contributed by atoms with van der Waals surface area (Å²) in [7, 11) is 0. The Bertz CT molecular complexity index is 452. The molecule has 14 heavy (non-hydrogen) atoms. The third-order valence-corrected chi connectivity index (χ3v) is 2.10. The maximum atomic E-state index is 5.69. The van der Waals surface area contributed by atoms with Gasteiger partial charge in [0.1, 0.15) is 0 Å². The topological polar surface area (TPSA) is 51.8 Å². The van der Waals surface area contributed by atoms with E-state index in [4.69, 9.17) is 5.73 Å². The number of nitrogens with zero attached hydrogens (tertiary/aromatic N) is 2. The molecule has 3 nitrogen and oxygen atoms in total. The molecule has 0 aliphatic heterocycles. The summed E-state index contributed by atoms with van der Waals surface area (Å²) in [5.74, 6) is 0. The summed E-state index contributed by atoms with van der Waals surface area (Å²) in [5.41, 5.74) is 9.46. The third-order valence-electron chi connectivity index (χ3n) is 2.10. The molecular formula is C11H11N3. The number of hydrogen-bond donors (Lipinski definition) is 1. The zero-order valence-corrected chi connectivity index (χ0v) is 7.94. The van der Waals surface area contributed by atoms with Gasteiger partial charge < -0.3 is 5.73 Å². The Morgan fingerprint density at radius 3 is 2.79 bits per heavy atom. The first-order valence-electron chi connectivity index (χ1n) is 4.40. The van der Waals surface area contributed by atoms with E-state index in [1.54, 1.807) is 24.7 Å². The Morgan fingerprint density at radius 2 is 2.07 bits per heavy atom. The average molecular weight is 185 g/mol. The van der Waals surface area contributed by atoms with Crippen LogP contribution < -0.4 is 5.73 Å². The van der Waals surface area contributed by atoms with E-state index in [1.807, 2.05) is 19.1 Å². The lowest BCUT2D eigenvalue weighted by Gasteiger charge is -2.04. The fourth-order valence-corrected chi connectivity index (χ4v) is 1.33. The molecule has 2 aromatic heterocycles. The Kier molecular flexibility index (Phi) is 2.14. The molecule has 0 saturated carbocycles. The monoisotopic (exact) mass is 185 g/mol. The van der Waals surface area contributed by atoms with Crippen LogP contribution in [0.1, 0.15) is 5.56 Å². The van der Waals surface area contributed by atoms with Gasteiger partial charge in [0.2, 0.25) is 0 Å². The van der Waals surface area contributed by atoms with Gasteiger partial charge in [-0.1, -0.05) is 0 Å². The second-order valence-electron chi connectivity index (χ2n) is 3.17. The summed E-state index contributed by atoms with van der Waals surface area (Å²) >= 11 is 0. The van der Waals surface area contributed by atoms with Crippen molar-refractivity contribution in [2.75, 3.05) is 5.73 Å². The Hall–Kier alpha value is -1.90. The largest absolute Gasteiger partial charge is 0.399 e. The number of aryl methyl sites for hydroxylation is 1. The van der Waals surface area contributed by atoms with Crippen LogP contribution in [-0.4, -0.2) is 9.97 Å². The average Bonchev–Trinajstić information content (AvgIpc) is 2.18. The molecule has 2 heterocycles. The standard InChI is InChI=1S/C11H11N3/c1-8-2-4-13-7-10(8)11-6-9(12)3-5-14-11/h2-7H,1H3,(H2,12,14). The maximum Gasteiger partial charge on any atom is 0.0740 e. The second-order valence-corrected chi connectivity index (χ2v) is 3.17. The molecule has 2 aromatic rings. The van der Waals surface area contributed by atoms with E-state index in [1.165, 1.54) is 0 Å². The van der Waals surface area contributed by atoms with Crippen LogP contribution in [0.15, 0.2) is 36.8 Å². The summed E-state index contributed by atoms with van der Waals surface area (Å²) in [6.45, 7) is 2.03. The van der Waals surface area contributed by atoms with Crippen LogP contribution in [0, 0.1) is 6.92 Å². The number of nitrogens with two attached hydrogens (primary N) is 1. The lowest BCUT2D eigenvalue weighted by molar-refractivity contribution is 1.25. The van der Waals surface area contributed by atoms with Gasteiger partial charge in [0, 0.05) is 29.8 Å². The van der Waals surface area contributed by atoms with E-state index >= 15 is 0 Å². The van der Waals surface area contributed by atoms with Crippen molar-refractivity contribution >= 4 is 5.69 Å². The van der Waals surface area contributed by atoms with Crippen molar-refractivity contribution in [1.82, 2.24) is 9.97 Å². The minimum Gasteiger partial charge on any atom is -0.399 e. The molecule has 0 atom stereocenters. The highest BCUT2D eigenvalue weighted by Gasteiger charge is 2.02. The molecular weight excluding hydrogens is 174 g/mol. The maximum absolute atomic E-state index is 5.69. The minimum absolute atomic E-state index is 0.721. The Labute approximate surface area is 82.6 Å².